The molecular formula is C15H16N2O2S. The molecule has 0 bridgehead atoms. The zero-order valence-electron chi connectivity index (χ0n) is 11.5. The molecule has 2 heterocycles. The van der Waals surface area contributed by atoms with Crippen molar-refractivity contribution in [1.29, 1.82) is 0 Å². The second-order valence-corrected chi connectivity index (χ2v) is 5.29. The average molecular weight is 288 g/mol. The molecule has 0 saturated carbocycles. The summed E-state index contributed by atoms with van der Waals surface area (Å²) in [7, 11) is 1.78. The van der Waals surface area contributed by atoms with E-state index in [-0.39, 0.29) is 5.91 Å². The monoisotopic (exact) mass is 288 g/mol. The third kappa shape index (κ3) is 3.29. The maximum atomic E-state index is 12.2. The fraction of sp³-hybridized carbons (Fsp3) is 0.267. The Morgan fingerprint density at radius 1 is 1.55 bits per heavy atom. The fourth-order valence-corrected chi connectivity index (χ4v) is 2.59. The standard InChI is InChI=1S/C15H16N2O2S/c1-11-14(5-7-19-11)15(18)17(2)9-12-8-13(20-10-12)4-3-6-16/h5,7-8,10H,6,9,16H2,1-2H3. The summed E-state index contributed by atoms with van der Waals surface area (Å²) >= 11 is 1.56. The van der Waals surface area contributed by atoms with Crippen molar-refractivity contribution >= 4 is 17.2 Å². The number of aryl methyl sites for hydroxylation is 1. The van der Waals surface area contributed by atoms with Crippen molar-refractivity contribution in [3.63, 3.8) is 0 Å². The second-order valence-electron chi connectivity index (χ2n) is 4.38. The Kier molecular flexibility index (Phi) is 4.61. The highest BCUT2D eigenvalue weighted by Crippen LogP contribution is 2.17. The topological polar surface area (TPSA) is 59.5 Å². The van der Waals surface area contributed by atoms with Crippen molar-refractivity contribution in [2.45, 2.75) is 13.5 Å². The van der Waals surface area contributed by atoms with E-state index >= 15 is 0 Å². The molecule has 0 aliphatic carbocycles. The Balaban J connectivity index is 2.04. The van der Waals surface area contributed by atoms with E-state index in [4.69, 9.17) is 10.2 Å². The van der Waals surface area contributed by atoms with E-state index in [1.165, 1.54) is 6.26 Å². The van der Waals surface area contributed by atoms with Gasteiger partial charge in [0, 0.05) is 13.6 Å². The minimum absolute atomic E-state index is 0.0444. The quantitative estimate of drug-likeness (QED) is 0.881. The molecule has 2 N–H and O–H groups in total. The van der Waals surface area contributed by atoms with Crippen LogP contribution in [0.1, 0.15) is 26.6 Å². The predicted molar refractivity (Wildman–Crippen MR) is 79.5 cm³/mol. The van der Waals surface area contributed by atoms with Gasteiger partial charge in [-0.1, -0.05) is 11.8 Å². The minimum Gasteiger partial charge on any atom is -0.469 e. The number of furan rings is 1. The van der Waals surface area contributed by atoms with Crippen molar-refractivity contribution in [3.05, 3.63) is 45.5 Å². The lowest BCUT2D eigenvalue weighted by atomic mass is 10.2. The summed E-state index contributed by atoms with van der Waals surface area (Å²) in [4.78, 5) is 14.9. The Labute approximate surface area is 122 Å². The molecule has 4 nitrogen and oxygen atoms in total. The molecule has 0 saturated heterocycles. The maximum absolute atomic E-state index is 12.2. The van der Waals surface area contributed by atoms with E-state index in [2.05, 4.69) is 11.8 Å². The molecule has 2 aromatic heterocycles. The highest BCUT2D eigenvalue weighted by molar-refractivity contribution is 7.10. The molecule has 0 aliphatic rings. The zero-order chi connectivity index (χ0) is 14.5. The molecule has 0 aromatic carbocycles. The van der Waals surface area contributed by atoms with Crippen molar-refractivity contribution in [2.75, 3.05) is 13.6 Å². The molecule has 0 spiro atoms. The molecule has 0 radical (unpaired) electrons. The maximum Gasteiger partial charge on any atom is 0.257 e. The van der Waals surface area contributed by atoms with Gasteiger partial charge in [-0.05, 0) is 30.0 Å². The number of thiophene rings is 1. The minimum atomic E-state index is -0.0444. The summed E-state index contributed by atoms with van der Waals surface area (Å²) in [6.07, 6.45) is 1.53. The number of nitrogens with two attached hydrogens (primary N) is 1. The van der Waals surface area contributed by atoms with Gasteiger partial charge in [-0.2, -0.15) is 0 Å². The molecule has 104 valence electrons. The lowest BCUT2D eigenvalue weighted by Gasteiger charge is -2.15. The van der Waals surface area contributed by atoms with Gasteiger partial charge in [-0.25, -0.2) is 0 Å². The van der Waals surface area contributed by atoms with Crippen molar-refractivity contribution < 1.29 is 9.21 Å². The number of rotatable bonds is 3. The summed E-state index contributed by atoms with van der Waals surface area (Å²) in [5.74, 6) is 6.40. The Morgan fingerprint density at radius 2 is 2.35 bits per heavy atom. The van der Waals surface area contributed by atoms with Crippen LogP contribution in [0, 0.1) is 18.8 Å². The highest BCUT2D eigenvalue weighted by Gasteiger charge is 2.16. The number of hydrogen-bond donors (Lipinski definition) is 1. The van der Waals surface area contributed by atoms with Crippen LogP contribution in [0.3, 0.4) is 0 Å². The highest BCUT2D eigenvalue weighted by atomic mass is 32.1. The summed E-state index contributed by atoms with van der Waals surface area (Å²) in [5.41, 5.74) is 7.01. The summed E-state index contributed by atoms with van der Waals surface area (Å²) in [5, 5.41) is 2.01. The first-order chi connectivity index (χ1) is 9.61. The van der Waals surface area contributed by atoms with Crippen LogP contribution in [-0.2, 0) is 6.54 Å². The van der Waals surface area contributed by atoms with Crippen LogP contribution < -0.4 is 5.73 Å². The van der Waals surface area contributed by atoms with Crippen LogP contribution in [0.5, 0.6) is 0 Å². The molecule has 0 atom stereocenters. The average Bonchev–Trinajstić information content (AvgIpc) is 3.04. The van der Waals surface area contributed by atoms with Gasteiger partial charge >= 0.3 is 0 Å². The van der Waals surface area contributed by atoms with Gasteiger partial charge in [0.05, 0.1) is 23.2 Å². The molecule has 2 aromatic rings. The Morgan fingerprint density at radius 3 is 3.00 bits per heavy atom. The lowest BCUT2D eigenvalue weighted by Crippen LogP contribution is -2.26. The summed E-state index contributed by atoms with van der Waals surface area (Å²) in [6, 6.07) is 3.68. The number of hydrogen-bond acceptors (Lipinski definition) is 4. The molecule has 20 heavy (non-hydrogen) atoms. The van der Waals surface area contributed by atoms with Crippen molar-refractivity contribution in [2.24, 2.45) is 5.73 Å². The fourth-order valence-electron chi connectivity index (χ4n) is 1.82. The van der Waals surface area contributed by atoms with Gasteiger partial charge in [0.2, 0.25) is 0 Å². The largest absolute Gasteiger partial charge is 0.469 e. The van der Waals surface area contributed by atoms with E-state index in [0.29, 0.717) is 24.4 Å². The first-order valence-electron chi connectivity index (χ1n) is 6.17. The normalized spacial score (nSPS) is 9.95. The van der Waals surface area contributed by atoms with E-state index in [0.717, 1.165) is 10.4 Å². The van der Waals surface area contributed by atoms with Gasteiger partial charge in [-0.15, -0.1) is 11.3 Å². The first-order valence-corrected chi connectivity index (χ1v) is 7.05. The van der Waals surface area contributed by atoms with Crippen molar-refractivity contribution in [1.82, 2.24) is 4.90 Å². The predicted octanol–water partition coefficient (Wildman–Crippen LogP) is 2.23. The third-order valence-electron chi connectivity index (χ3n) is 2.82. The summed E-state index contributed by atoms with van der Waals surface area (Å²) in [6.45, 7) is 2.68. The molecule has 1 amide bonds. The van der Waals surface area contributed by atoms with Crippen LogP contribution in [0.25, 0.3) is 0 Å². The number of amides is 1. The molecular weight excluding hydrogens is 272 g/mol. The van der Waals surface area contributed by atoms with Crippen LogP contribution in [-0.4, -0.2) is 24.4 Å². The van der Waals surface area contributed by atoms with E-state index < -0.39 is 0 Å². The number of carbonyl (C=O) groups is 1. The smallest absolute Gasteiger partial charge is 0.257 e. The van der Waals surface area contributed by atoms with E-state index in [1.807, 2.05) is 11.4 Å². The van der Waals surface area contributed by atoms with E-state index in [9.17, 15) is 4.79 Å². The van der Waals surface area contributed by atoms with Crippen LogP contribution in [0.2, 0.25) is 0 Å². The number of nitrogens with zero attached hydrogens (tertiary/aromatic N) is 1. The van der Waals surface area contributed by atoms with Crippen molar-refractivity contribution in [3.8, 4) is 11.8 Å². The molecule has 0 unspecified atom stereocenters. The molecule has 0 fully saturated rings. The van der Waals surface area contributed by atoms with Gasteiger partial charge in [0.25, 0.3) is 5.91 Å². The first kappa shape index (κ1) is 14.4. The summed E-state index contributed by atoms with van der Waals surface area (Å²) < 4.78 is 5.16. The van der Waals surface area contributed by atoms with Gasteiger partial charge in [0.15, 0.2) is 0 Å². The lowest BCUT2D eigenvalue weighted by molar-refractivity contribution is 0.0783. The Bertz CT molecular complexity index is 661. The zero-order valence-corrected chi connectivity index (χ0v) is 12.3. The molecule has 2 rings (SSSR count). The van der Waals surface area contributed by atoms with Crippen LogP contribution >= 0.6 is 11.3 Å². The van der Waals surface area contributed by atoms with Gasteiger partial charge in [-0.3, -0.25) is 4.79 Å². The van der Waals surface area contributed by atoms with E-state index in [1.54, 1.807) is 36.3 Å². The SMILES string of the molecule is Cc1occc1C(=O)N(C)Cc1csc(C#CCN)c1. The van der Waals surface area contributed by atoms with Gasteiger partial charge < -0.3 is 15.1 Å². The molecule has 0 aliphatic heterocycles. The van der Waals surface area contributed by atoms with Crippen LogP contribution in [0.15, 0.2) is 28.2 Å². The Hall–Kier alpha value is -2.03. The third-order valence-corrected chi connectivity index (χ3v) is 3.72. The molecule has 5 heteroatoms. The van der Waals surface area contributed by atoms with Gasteiger partial charge in [0.1, 0.15) is 5.76 Å². The number of carbonyl (C=O) groups excluding carboxylic acids is 1. The van der Waals surface area contributed by atoms with Crippen LogP contribution in [0.4, 0.5) is 0 Å². The second kappa shape index (κ2) is 6.42.